The second-order valence-electron chi connectivity index (χ2n) is 9.26. The Bertz CT molecular complexity index is 526. The van der Waals surface area contributed by atoms with E-state index in [2.05, 4.69) is 20.1 Å². The first-order valence-corrected chi connectivity index (χ1v) is 11.8. The standard InChI is InChI=1S/C22H40N4O3/c1-23-21(26-11-15-29-20(16-26)19-6-5-12-28-19)24-17-22(7-3-2-4-8-22)18-25-9-13-27-14-10-25/h19-20H,2-18H2,1H3,(H,23,24). The highest BCUT2D eigenvalue weighted by Gasteiger charge is 2.36. The van der Waals surface area contributed by atoms with Crippen molar-refractivity contribution < 1.29 is 14.2 Å². The predicted octanol–water partition coefficient (Wildman–Crippen LogP) is 1.72. The zero-order valence-electron chi connectivity index (χ0n) is 18.2. The van der Waals surface area contributed by atoms with Gasteiger partial charge in [0.15, 0.2) is 5.96 Å². The molecule has 4 aliphatic rings. The normalized spacial score (nSPS) is 31.8. The molecule has 1 aliphatic carbocycles. The topological polar surface area (TPSA) is 58.6 Å². The van der Waals surface area contributed by atoms with Gasteiger partial charge in [-0.15, -0.1) is 0 Å². The van der Waals surface area contributed by atoms with Crippen LogP contribution < -0.4 is 5.32 Å². The Balaban J connectivity index is 1.34. The molecule has 0 amide bonds. The number of nitrogens with one attached hydrogen (secondary N) is 1. The first-order chi connectivity index (χ1) is 14.3. The largest absolute Gasteiger partial charge is 0.379 e. The third-order valence-electron chi connectivity index (χ3n) is 7.18. The molecule has 3 aliphatic heterocycles. The van der Waals surface area contributed by atoms with Crippen molar-refractivity contribution in [3.8, 4) is 0 Å². The minimum absolute atomic E-state index is 0.168. The van der Waals surface area contributed by atoms with E-state index in [0.717, 1.165) is 78.0 Å². The maximum atomic E-state index is 6.03. The molecule has 29 heavy (non-hydrogen) atoms. The molecule has 4 fully saturated rings. The summed E-state index contributed by atoms with van der Waals surface area (Å²) in [5.74, 6) is 1.03. The summed E-state index contributed by atoms with van der Waals surface area (Å²) in [6.45, 7) is 9.51. The van der Waals surface area contributed by atoms with Crippen LogP contribution in [0.4, 0.5) is 0 Å². The van der Waals surface area contributed by atoms with Crippen molar-refractivity contribution in [3.63, 3.8) is 0 Å². The van der Waals surface area contributed by atoms with Crippen molar-refractivity contribution in [2.24, 2.45) is 10.4 Å². The Morgan fingerprint density at radius 3 is 2.48 bits per heavy atom. The molecule has 0 aromatic heterocycles. The van der Waals surface area contributed by atoms with Gasteiger partial charge >= 0.3 is 0 Å². The second-order valence-corrected chi connectivity index (χ2v) is 9.26. The number of ether oxygens (including phenoxy) is 3. The lowest BCUT2D eigenvalue weighted by Crippen LogP contribution is -2.56. The lowest BCUT2D eigenvalue weighted by atomic mass is 9.73. The minimum Gasteiger partial charge on any atom is -0.379 e. The van der Waals surface area contributed by atoms with Gasteiger partial charge in [0, 0.05) is 58.3 Å². The molecule has 166 valence electrons. The summed E-state index contributed by atoms with van der Waals surface area (Å²) in [7, 11) is 1.91. The summed E-state index contributed by atoms with van der Waals surface area (Å²) in [5, 5.41) is 3.77. The number of nitrogens with zero attached hydrogens (tertiary/aromatic N) is 3. The fourth-order valence-electron chi connectivity index (χ4n) is 5.51. The van der Waals surface area contributed by atoms with Crippen molar-refractivity contribution in [3.05, 3.63) is 0 Å². The van der Waals surface area contributed by atoms with Crippen LogP contribution in [0.2, 0.25) is 0 Å². The van der Waals surface area contributed by atoms with E-state index in [9.17, 15) is 0 Å². The first-order valence-electron chi connectivity index (χ1n) is 11.8. The highest BCUT2D eigenvalue weighted by atomic mass is 16.5. The van der Waals surface area contributed by atoms with E-state index in [0.29, 0.717) is 5.41 Å². The van der Waals surface area contributed by atoms with Gasteiger partial charge in [0.2, 0.25) is 0 Å². The van der Waals surface area contributed by atoms with Crippen LogP contribution in [0.1, 0.15) is 44.9 Å². The van der Waals surface area contributed by atoms with Crippen molar-refractivity contribution in [1.82, 2.24) is 15.1 Å². The number of rotatable bonds is 5. The third kappa shape index (κ3) is 5.63. The zero-order valence-corrected chi connectivity index (χ0v) is 18.2. The number of aliphatic imine (C=N–C) groups is 1. The highest BCUT2D eigenvalue weighted by molar-refractivity contribution is 5.80. The van der Waals surface area contributed by atoms with Crippen molar-refractivity contribution in [2.45, 2.75) is 57.2 Å². The van der Waals surface area contributed by atoms with Crippen LogP contribution in [0.25, 0.3) is 0 Å². The van der Waals surface area contributed by atoms with Gasteiger partial charge in [-0.3, -0.25) is 9.89 Å². The van der Waals surface area contributed by atoms with E-state index in [1.807, 2.05) is 7.05 Å². The monoisotopic (exact) mass is 408 g/mol. The summed E-state index contributed by atoms with van der Waals surface area (Å²) in [6.07, 6.45) is 9.41. The van der Waals surface area contributed by atoms with Crippen molar-refractivity contribution in [1.29, 1.82) is 0 Å². The van der Waals surface area contributed by atoms with Gasteiger partial charge < -0.3 is 24.4 Å². The molecule has 2 atom stereocenters. The summed E-state index contributed by atoms with van der Waals surface area (Å²) < 4.78 is 17.5. The first kappa shape index (κ1) is 21.3. The Kier molecular flexibility index (Phi) is 7.67. The molecular formula is C22H40N4O3. The van der Waals surface area contributed by atoms with E-state index < -0.39 is 0 Å². The molecule has 0 bridgehead atoms. The van der Waals surface area contributed by atoms with E-state index in [4.69, 9.17) is 14.2 Å². The molecule has 0 radical (unpaired) electrons. The van der Waals surface area contributed by atoms with Crippen LogP contribution in [0.15, 0.2) is 4.99 Å². The van der Waals surface area contributed by atoms with Gasteiger partial charge in [0.1, 0.15) is 6.10 Å². The molecule has 7 heteroatoms. The van der Waals surface area contributed by atoms with Gasteiger partial charge in [-0.05, 0) is 25.7 Å². The molecule has 0 aromatic rings. The van der Waals surface area contributed by atoms with Crippen LogP contribution in [-0.2, 0) is 14.2 Å². The molecule has 1 saturated carbocycles. The van der Waals surface area contributed by atoms with Crippen LogP contribution in [0.5, 0.6) is 0 Å². The molecule has 0 aromatic carbocycles. The molecule has 4 rings (SSSR count). The summed E-state index contributed by atoms with van der Waals surface area (Å²) in [5.41, 5.74) is 0.353. The highest BCUT2D eigenvalue weighted by Crippen LogP contribution is 2.37. The SMILES string of the molecule is CN=C(NCC1(CN2CCOCC2)CCCCC1)N1CCOC(C2CCCO2)C1. The maximum absolute atomic E-state index is 6.03. The van der Waals surface area contributed by atoms with E-state index in [1.54, 1.807) is 0 Å². The number of guanidine groups is 1. The zero-order chi connectivity index (χ0) is 19.9. The second kappa shape index (κ2) is 10.4. The molecule has 3 heterocycles. The van der Waals surface area contributed by atoms with Crippen LogP contribution in [0, 0.1) is 5.41 Å². The Labute approximate surface area is 176 Å². The average Bonchev–Trinajstić information content (AvgIpc) is 3.31. The van der Waals surface area contributed by atoms with Gasteiger partial charge in [0.05, 0.1) is 25.9 Å². The Hall–Kier alpha value is -0.890. The van der Waals surface area contributed by atoms with Crippen LogP contribution in [0.3, 0.4) is 0 Å². The van der Waals surface area contributed by atoms with Gasteiger partial charge in [-0.1, -0.05) is 19.3 Å². The smallest absolute Gasteiger partial charge is 0.193 e. The van der Waals surface area contributed by atoms with Crippen LogP contribution in [-0.4, -0.2) is 101 Å². The van der Waals surface area contributed by atoms with E-state index >= 15 is 0 Å². The van der Waals surface area contributed by atoms with Gasteiger partial charge in [-0.25, -0.2) is 0 Å². The number of morpholine rings is 2. The predicted molar refractivity (Wildman–Crippen MR) is 114 cm³/mol. The summed E-state index contributed by atoms with van der Waals surface area (Å²) in [6, 6.07) is 0. The Morgan fingerprint density at radius 2 is 1.76 bits per heavy atom. The molecule has 3 saturated heterocycles. The van der Waals surface area contributed by atoms with E-state index in [1.165, 1.54) is 38.6 Å². The van der Waals surface area contributed by atoms with Gasteiger partial charge in [-0.2, -0.15) is 0 Å². The van der Waals surface area contributed by atoms with Gasteiger partial charge in [0.25, 0.3) is 0 Å². The Morgan fingerprint density at radius 1 is 0.966 bits per heavy atom. The quantitative estimate of drug-likeness (QED) is 0.552. The maximum Gasteiger partial charge on any atom is 0.193 e. The lowest BCUT2D eigenvalue weighted by molar-refractivity contribution is -0.0818. The molecule has 1 N–H and O–H groups in total. The summed E-state index contributed by atoms with van der Waals surface area (Å²) >= 11 is 0. The summed E-state index contributed by atoms with van der Waals surface area (Å²) in [4.78, 5) is 9.63. The molecule has 0 spiro atoms. The fraction of sp³-hybridized carbons (Fsp3) is 0.955. The fourth-order valence-corrected chi connectivity index (χ4v) is 5.51. The average molecular weight is 409 g/mol. The molecule has 7 nitrogen and oxygen atoms in total. The molecule has 2 unspecified atom stereocenters. The molecular weight excluding hydrogens is 368 g/mol. The number of hydrogen-bond acceptors (Lipinski definition) is 5. The van der Waals surface area contributed by atoms with Crippen molar-refractivity contribution in [2.75, 3.05) is 72.7 Å². The third-order valence-corrected chi connectivity index (χ3v) is 7.18. The van der Waals surface area contributed by atoms with E-state index in [-0.39, 0.29) is 12.2 Å². The minimum atomic E-state index is 0.168. The van der Waals surface area contributed by atoms with Crippen LogP contribution >= 0.6 is 0 Å². The lowest BCUT2D eigenvalue weighted by Gasteiger charge is -2.43. The van der Waals surface area contributed by atoms with Crippen molar-refractivity contribution >= 4 is 5.96 Å². The number of hydrogen-bond donors (Lipinski definition) is 1.